The third-order valence-corrected chi connectivity index (χ3v) is 3.87. The SMILES string of the molecule is COc1cc2c(cc1NC(=O)c1cnn3cccnc13)CC=C2. The third kappa shape index (κ3) is 2.24. The van der Waals surface area contributed by atoms with E-state index in [2.05, 4.69) is 27.6 Å². The molecule has 114 valence electrons. The van der Waals surface area contributed by atoms with Crippen molar-refractivity contribution in [2.45, 2.75) is 6.42 Å². The van der Waals surface area contributed by atoms with E-state index in [9.17, 15) is 4.79 Å². The first kappa shape index (κ1) is 13.5. The lowest BCUT2D eigenvalue weighted by molar-refractivity contribution is 0.102. The highest BCUT2D eigenvalue weighted by molar-refractivity contribution is 6.08. The van der Waals surface area contributed by atoms with Crippen molar-refractivity contribution in [2.24, 2.45) is 0 Å². The topological polar surface area (TPSA) is 68.5 Å². The average Bonchev–Trinajstić information content (AvgIpc) is 3.20. The fourth-order valence-electron chi connectivity index (χ4n) is 2.73. The summed E-state index contributed by atoms with van der Waals surface area (Å²) in [7, 11) is 1.59. The molecule has 2 aromatic heterocycles. The molecule has 1 aliphatic rings. The lowest BCUT2D eigenvalue weighted by Crippen LogP contribution is -2.13. The Bertz CT molecular complexity index is 943. The molecular weight excluding hydrogens is 292 g/mol. The fraction of sp³-hybridized carbons (Fsp3) is 0.118. The van der Waals surface area contributed by atoms with E-state index in [1.165, 1.54) is 11.8 Å². The van der Waals surface area contributed by atoms with Gasteiger partial charge >= 0.3 is 0 Å². The Balaban J connectivity index is 1.69. The minimum Gasteiger partial charge on any atom is -0.495 e. The Morgan fingerprint density at radius 1 is 1.39 bits per heavy atom. The van der Waals surface area contributed by atoms with Gasteiger partial charge in [0.2, 0.25) is 0 Å². The van der Waals surface area contributed by atoms with Gasteiger partial charge in [0.15, 0.2) is 5.65 Å². The van der Waals surface area contributed by atoms with Gasteiger partial charge in [0.1, 0.15) is 11.3 Å². The van der Waals surface area contributed by atoms with Crippen molar-refractivity contribution in [3.05, 3.63) is 59.6 Å². The van der Waals surface area contributed by atoms with Gasteiger partial charge in [-0.25, -0.2) is 9.50 Å². The van der Waals surface area contributed by atoms with Crippen molar-refractivity contribution in [3.8, 4) is 5.75 Å². The van der Waals surface area contributed by atoms with Crippen LogP contribution in [0.2, 0.25) is 0 Å². The number of aromatic nitrogens is 3. The molecule has 0 saturated heterocycles. The molecule has 0 fully saturated rings. The third-order valence-electron chi connectivity index (χ3n) is 3.87. The summed E-state index contributed by atoms with van der Waals surface area (Å²) in [4.78, 5) is 16.8. The van der Waals surface area contributed by atoms with Crippen molar-refractivity contribution >= 4 is 23.3 Å². The van der Waals surface area contributed by atoms with Crippen LogP contribution in [-0.4, -0.2) is 27.6 Å². The van der Waals surface area contributed by atoms with Crippen molar-refractivity contribution in [1.82, 2.24) is 14.6 Å². The zero-order valence-electron chi connectivity index (χ0n) is 12.5. The number of allylic oxidation sites excluding steroid dienone is 1. The number of carbonyl (C=O) groups excluding carboxylic acids is 1. The lowest BCUT2D eigenvalue weighted by atomic mass is 10.1. The molecule has 0 bridgehead atoms. The maximum Gasteiger partial charge on any atom is 0.261 e. The second-order valence-corrected chi connectivity index (χ2v) is 5.26. The molecule has 6 nitrogen and oxygen atoms in total. The molecule has 1 amide bonds. The van der Waals surface area contributed by atoms with Gasteiger partial charge < -0.3 is 10.1 Å². The van der Waals surface area contributed by atoms with Crippen LogP contribution in [0.15, 0.2) is 42.9 Å². The Labute approximate surface area is 132 Å². The molecule has 4 rings (SSSR count). The average molecular weight is 306 g/mol. The normalized spacial score (nSPS) is 12.4. The first-order chi connectivity index (χ1) is 11.3. The molecule has 1 N–H and O–H groups in total. The van der Waals surface area contributed by atoms with Crippen LogP contribution in [-0.2, 0) is 6.42 Å². The van der Waals surface area contributed by atoms with Gasteiger partial charge in [0.25, 0.3) is 5.91 Å². The van der Waals surface area contributed by atoms with E-state index in [1.807, 2.05) is 12.1 Å². The largest absolute Gasteiger partial charge is 0.495 e. The van der Waals surface area contributed by atoms with Gasteiger partial charge in [-0.1, -0.05) is 12.2 Å². The van der Waals surface area contributed by atoms with Crippen LogP contribution in [0.3, 0.4) is 0 Å². The second-order valence-electron chi connectivity index (χ2n) is 5.26. The zero-order valence-corrected chi connectivity index (χ0v) is 12.5. The molecule has 1 aliphatic carbocycles. The molecule has 0 saturated carbocycles. The van der Waals surface area contributed by atoms with Crippen LogP contribution < -0.4 is 10.1 Å². The van der Waals surface area contributed by atoms with Gasteiger partial charge in [-0.05, 0) is 35.7 Å². The van der Waals surface area contributed by atoms with E-state index in [1.54, 1.807) is 30.1 Å². The summed E-state index contributed by atoms with van der Waals surface area (Å²) in [6.45, 7) is 0. The summed E-state index contributed by atoms with van der Waals surface area (Å²) in [5.74, 6) is 0.371. The summed E-state index contributed by atoms with van der Waals surface area (Å²) >= 11 is 0. The highest BCUT2D eigenvalue weighted by Crippen LogP contribution is 2.32. The molecular formula is C17H14N4O2. The molecule has 3 aromatic rings. The quantitative estimate of drug-likeness (QED) is 0.807. The number of hydrogen-bond donors (Lipinski definition) is 1. The number of anilines is 1. The number of ether oxygens (including phenoxy) is 1. The number of amides is 1. The van der Waals surface area contributed by atoms with Gasteiger partial charge in [0.05, 0.1) is 19.0 Å². The number of nitrogens with zero attached hydrogens (tertiary/aromatic N) is 3. The van der Waals surface area contributed by atoms with Crippen LogP contribution in [0.25, 0.3) is 11.7 Å². The van der Waals surface area contributed by atoms with Crippen molar-refractivity contribution in [3.63, 3.8) is 0 Å². The van der Waals surface area contributed by atoms with Gasteiger partial charge in [-0.15, -0.1) is 0 Å². The Hall–Kier alpha value is -3.15. The van der Waals surface area contributed by atoms with E-state index in [-0.39, 0.29) is 5.91 Å². The molecule has 23 heavy (non-hydrogen) atoms. The summed E-state index contributed by atoms with van der Waals surface area (Å²) in [6.07, 6.45) is 9.90. The fourth-order valence-corrected chi connectivity index (χ4v) is 2.73. The minimum atomic E-state index is -0.261. The van der Waals surface area contributed by atoms with Crippen molar-refractivity contribution in [1.29, 1.82) is 0 Å². The number of benzene rings is 1. The van der Waals surface area contributed by atoms with Gasteiger partial charge in [-0.2, -0.15) is 5.10 Å². The minimum absolute atomic E-state index is 0.261. The monoisotopic (exact) mass is 306 g/mol. The Morgan fingerprint density at radius 2 is 2.30 bits per heavy atom. The molecule has 0 spiro atoms. The highest BCUT2D eigenvalue weighted by Gasteiger charge is 2.17. The van der Waals surface area contributed by atoms with Crippen molar-refractivity contribution < 1.29 is 9.53 Å². The van der Waals surface area contributed by atoms with E-state index in [0.29, 0.717) is 22.6 Å². The summed E-state index contributed by atoms with van der Waals surface area (Å²) < 4.78 is 6.96. The number of carbonyl (C=O) groups is 1. The smallest absolute Gasteiger partial charge is 0.261 e. The molecule has 6 heteroatoms. The number of methoxy groups -OCH3 is 1. The first-order valence-electron chi connectivity index (χ1n) is 7.23. The lowest BCUT2D eigenvalue weighted by Gasteiger charge is -2.12. The van der Waals surface area contributed by atoms with E-state index in [0.717, 1.165) is 12.0 Å². The molecule has 0 aliphatic heterocycles. The summed E-state index contributed by atoms with van der Waals surface area (Å²) in [6, 6.07) is 5.65. The summed E-state index contributed by atoms with van der Waals surface area (Å²) in [5.41, 5.74) is 3.88. The molecule has 0 atom stereocenters. The number of hydrogen-bond acceptors (Lipinski definition) is 4. The Kier molecular flexibility index (Phi) is 3.08. The number of rotatable bonds is 3. The van der Waals surface area contributed by atoms with E-state index >= 15 is 0 Å². The zero-order chi connectivity index (χ0) is 15.8. The summed E-state index contributed by atoms with van der Waals surface area (Å²) in [5, 5.41) is 7.03. The second kappa shape index (κ2) is 5.24. The van der Waals surface area contributed by atoms with Crippen molar-refractivity contribution in [2.75, 3.05) is 12.4 Å². The standard InChI is InChI=1S/C17H14N4O2/c1-23-15-9-12-5-2-4-11(12)8-14(15)20-17(22)13-10-19-21-7-3-6-18-16(13)21/h2-3,5-10H,4H2,1H3,(H,20,22). The maximum atomic E-state index is 12.6. The predicted molar refractivity (Wildman–Crippen MR) is 86.7 cm³/mol. The molecule has 1 aromatic carbocycles. The molecule has 0 unspecified atom stereocenters. The van der Waals surface area contributed by atoms with Crippen LogP contribution in [0.4, 0.5) is 5.69 Å². The van der Waals surface area contributed by atoms with Gasteiger partial charge in [-0.3, -0.25) is 4.79 Å². The first-order valence-corrected chi connectivity index (χ1v) is 7.23. The van der Waals surface area contributed by atoms with E-state index in [4.69, 9.17) is 4.74 Å². The maximum absolute atomic E-state index is 12.6. The number of nitrogens with one attached hydrogen (secondary N) is 1. The van der Waals surface area contributed by atoms with Crippen LogP contribution in [0, 0.1) is 0 Å². The highest BCUT2D eigenvalue weighted by atomic mass is 16.5. The van der Waals surface area contributed by atoms with Crippen LogP contribution in [0.5, 0.6) is 5.75 Å². The van der Waals surface area contributed by atoms with E-state index < -0.39 is 0 Å². The molecule has 0 radical (unpaired) electrons. The molecule has 2 heterocycles. The predicted octanol–water partition coefficient (Wildman–Crippen LogP) is 2.56. The Morgan fingerprint density at radius 3 is 3.17 bits per heavy atom. The van der Waals surface area contributed by atoms with Crippen LogP contribution in [0.1, 0.15) is 21.5 Å². The van der Waals surface area contributed by atoms with Crippen LogP contribution >= 0.6 is 0 Å². The number of fused-ring (bicyclic) bond motifs is 2. The van der Waals surface area contributed by atoms with Gasteiger partial charge in [0, 0.05) is 12.4 Å².